The highest BCUT2D eigenvalue weighted by atomic mass is 32.1. The molecule has 0 spiro atoms. The summed E-state index contributed by atoms with van der Waals surface area (Å²) in [6, 6.07) is 13.4. The number of anilines is 2. The van der Waals surface area contributed by atoms with Gasteiger partial charge >= 0.3 is 0 Å². The van der Waals surface area contributed by atoms with Crippen LogP contribution in [-0.4, -0.2) is 17.7 Å². The van der Waals surface area contributed by atoms with Crippen molar-refractivity contribution in [3.8, 4) is 0 Å². The summed E-state index contributed by atoms with van der Waals surface area (Å²) in [7, 11) is 0. The molecule has 144 valence electrons. The van der Waals surface area contributed by atoms with Crippen LogP contribution in [0, 0.1) is 0 Å². The average Bonchev–Trinajstić information content (AvgIpc) is 3.35. The minimum absolute atomic E-state index is 0.100. The molecule has 0 radical (unpaired) electrons. The lowest BCUT2D eigenvalue weighted by Crippen LogP contribution is -2.29. The van der Waals surface area contributed by atoms with Gasteiger partial charge in [0, 0.05) is 23.2 Å². The van der Waals surface area contributed by atoms with E-state index >= 15 is 0 Å². The van der Waals surface area contributed by atoms with Crippen molar-refractivity contribution in [1.29, 1.82) is 0 Å². The van der Waals surface area contributed by atoms with Crippen LogP contribution in [0.3, 0.4) is 0 Å². The molecule has 1 atom stereocenters. The van der Waals surface area contributed by atoms with Gasteiger partial charge in [-0.15, -0.1) is 11.3 Å². The van der Waals surface area contributed by atoms with Gasteiger partial charge in [-0.25, -0.2) is 0 Å². The maximum Gasteiger partial charge on any atom is 0.291 e. The van der Waals surface area contributed by atoms with Gasteiger partial charge in [0.05, 0.1) is 18.7 Å². The first-order valence-corrected chi connectivity index (χ1v) is 9.44. The second kappa shape index (κ2) is 9.01. The molecule has 2 heterocycles. The Balaban J connectivity index is 1.63. The molecule has 0 saturated carbocycles. The molecule has 0 aliphatic rings. The summed E-state index contributed by atoms with van der Waals surface area (Å²) in [6.07, 6.45) is 1.52. The average molecular weight is 397 g/mol. The Morgan fingerprint density at radius 3 is 2.46 bits per heavy atom. The van der Waals surface area contributed by atoms with Crippen LogP contribution >= 0.6 is 11.3 Å². The first-order chi connectivity index (χ1) is 13.5. The molecule has 28 heavy (non-hydrogen) atoms. The molecule has 2 aromatic heterocycles. The number of nitrogens with one attached hydrogen (secondary N) is 3. The molecule has 7 nitrogen and oxygen atoms in total. The maximum atomic E-state index is 12.5. The second-order valence-electron chi connectivity index (χ2n) is 6.03. The summed E-state index contributed by atoms with van der Waals surface area (Å²) in [5, 5.41) is 10.2. The molecule has 0 aliphatic carbocycles. The zero-order chi connectivity index (χ0) is 19.9. The zero-order valence-corrected chi connectivity index (χ0v) is 15.9. The van der Waals surface area contributed by atoms with Crippen molar-refractivity contribution in [2.24, 2.45) is 0 Å². The van der Waals surface area contributed by atoms with E-state index in [1.54, 1.807) is 36.4 Å². The van der Waals surface area contributed by atoms with Gasteiger partial charge in [-0.2, -0.15) is 0 Å². The van der Waals surface area contributed by atoms with Crippen LogP contribution in [0.15, 0.2) is 64.6 Å². The molecule has 3 rings (SSSR count). The Kier molecular flexibility index (Phi) is 6.23. The predicted octanol–water partition coefficient (Wildman–Crippen LogP) is 3.80. The number of carbonyl (C=O) groups is 3. The van der Waals surface area contributed by atoms with Crippen molar-refractivity contribution in [2.75, 3.05) is 10.6 Å². The van der Waals surface area contributed by atoms with Crippen LogP contribution in [0.5, 0.6) is 0 Å². The van der Waals surface area contributed by atoms with E-state index < -0.39 is 0 Å². The first-order valence-electron chi connectivity index (χ1n) is 8.56. The maximum absolute atomic E-state index is 12.5. The molecule has 3 N–H and O–H groups in total. The van der Waals surface area contributed by atoms with E-state index in [0.717, 1.165) is 4.88 Å². The van der Waals surface area contributed by atoms with Gasteiger partial charge in [-0.05, 0) is 41.8 Å². The van der Waals surface area contributed by atoms with E-state index in [9.17, 15) is 14.4 Å². The molecule has 0 aliphatic heterocycles. The summed E-state index contributed by atoms with van der Waals surface area (Å²) in [5.41, 5.74) is 1.06. The number of benzene rings is 1. The van der Waals surface area contributed by atoms with Gasteiger partial charge in [-0.1, -0.05) is 12.1 Å². The molecule has 1 aromatic carbocycles. The second-order valence-corrected chi connectivity index (χ2v) is 7.01. The molecular formula is C20H19N3O4S. The van der Waals surface area contributed by atoms with E-state index in [1.807, 2.05) is 17.5 Å². The topological polar surface area (TPSA) is 100 Å². The van der Waals surface area contributed by atoms with Gasteiger partial charge in [0.2, 0.25) is 11.8 Å². The normalized spacial score (nSPS) is 11.5. The number of hydrogen-bond donors (Lipinski definition) is 3. The third-order valence-corrected chi connectivity index (χ3v) is 4.79. The van der Waals surface area contributed by atoms with Crippen LogP contribution in [0.25, 0.3) is 0 Å². The summed E-state index contributed by atoms with van der Waals surface area (Å²) >= 11 is 1.48. The SMILES string of the molecule is CC(=O)NC(CC(=O)Nc1cccc(NC(=O)c2ccco2)c1)c1cccs1. The zero-order valence-electron chi connectivity index (χ0n) is 15.1. The number of carbonyl (C=O) groups excluding carboxylic acids is 3. The third-order valence-electron chi connectivity index (χ3n) is 3.80. The molecule has 3 amide bonds. The number of thiophene rings is 1. The quantitative estimate of drug-likeness (QED) is 0.564. The van der Waals surface area contributed by atoms with E-state index in [-0.39, 0.29) is 35.9 Å². The smallest absolute Gasteiger partial charge is 0.291 e. The molecule has 3 aromatic rings. The number of furan rings is 1. The molecule has 0 bridgehead atoms. The van der Waals surface area contributed by atoms with Crippen LogP contribution < -0.4 is 16.0 Å². The highest BCUT2D eigenvalue weighted by molar-refractivity contribution is 7.10. The van der Waals surface area contributed by atoms with Crippen molar-refractivity contribution < 1.29 is 18.8 Å². The minimum Gasteiger partial charge on any atom is -0.459 e. The van der Waals surface area contributed by atoms with E-state index in [4.69, 9.17) is 4.42 Å². The van der Waals surface area contributed by atoms with Crippen molar-refractivity contribution in [3.05, 3.63) is 70.8 Å². The Morgan fingerprint density at radius 2 is 1.82 bits per heavy atom. The largest absolute Gasteiger partial charge is 0.459 e. The van der Waals surface area contributed by atoms with Crippen LogP contribution in [0.2, 0.25) is 0 Å². The summed E-state index contributed by atoms with van der Waals surface area (Å²) in [5.74, 6) is -0.629. The standard InChI is InChI=1S/C20H19N3O4S/c1-13(24)21-16(18-8-4-10-28-18)12-19(25)22-14-5-2-6-15(11-14)23-20(26)17-7-3-9-27-17/h2-11,16H,12H2,1H3,(H,21,24)(H,22,25)(H,23,26). The van der Waals surface area contributed by atoms with Crippen molar-refractivity contribution in [1.82, 2.24) is 5.32 Å². The molecular weight excluding hydrogens is 378 g/mol. The Hall–Kier alpha value is -3.39. The van der Waals surface area contributed by atoms with Crippen molar-refractivity contribution in [3.63, 3.8) is 0 Å². The lowest BCUT2D eigenvalue weighted by atomic mass is 10.1. The van der Waals surface area contributed by atoms with Gasteiger partial charge in [0.25, 0.3) is 5.91 Å². The van der Waals surface area contributed by atoms with E-state index in [0.29, 0.717) is 11.4 Å². The van der Waals surface area contributed by atoms with Crippen LogP contribution in [0.1, 0.15) is 34.8 Å². The van der Waals surface area contributed by atoms with Gasteiger partial charge in [-0.3, -0.25) is 14.4 Å². The predicted molar refractivity (Wildman–Crippen MR) is 107 cm³/mol. The molecule has 8 heteroatoms. The van der Waals surface area contributed by atoms with Crippen molar-refractivity contribution >= 4 is 40.4 Å². The molecule has 0 saturated heterocycles. The van der Waals surface area contributed by atoms with Gasteiger partial charge < -0.3 is 20.4 Å². The highest BCUT2D eigenvalue weighted by Crippen LogP contribution is 2.23. The Bertz CT molecular complexity index is 952. The van der Waals surface area contributed by atoms with E-state index in [1.165, 1.54) is 24.5 Å². The fourth-order valence-electron chi connectivity index (χ4n) is 2.63. The van der Waals surface area contributed by atoms with E-state index in [2.05, 4.69) is 16.0 Å². The highest BCUT2D eigenvalue weighted by Gasteiger charge is 2.18. The monoisotopic (exact) mass is 397 g/mol. The summed E-state index contributed by atoms with van der Waals surface area (Å²) in [4.78, 5) is 36.9. The van der Waals surface area contributed by atoms with Gasteiger partial charge in [0.15, 0.2) is 5.76 Å². The third kappa shape index (κ3) is 5.31. The number of hydrogen-bond acceptors (Lipinski definition) is 5. The Labute approximate surface area is 165 Å². The van der Waals surface area contributed by atoms with Crippen LogP contribution in [0.4, 0.5) is 11.4 Å². The molecule has 1 unspecified atom stereocenters. The first kappa shape index (κ1) is 19.4. The molecule has 0 fully saturated rings. The summed E-state index contributed by atoms with van der Waals surface area (Å²) in [6.45, 7) is 1.42. The lowest BCUT2D eigenvalue weighted by molar-refractivity contribution is -0.120. The van der Waals surface area contributed by atoms with Crippen LogP contribution in [-0.2, 0) is 9.59 Å². The summed E-state index contributed by atoms with van der Waals surface area (Å²) < 4.78 is 5.06. The fraction of sp³-hybridized carbons (Fsp3) is 0.150. The van der Waals surface area contributed by atoms with Gasteiger partial charge in [0.1, 0.15) is 0 Å². The number of rotatable bonds is 7. The number of amides is 3. The minimum atomic E-state index is -0.390. The lowest BCUT2D eigenvalue weighted by Gasteiger charge is -2.16. The van der Waals surface area contributed by atoms with Crippen molar-refractivity contribution in [2.45, 2.75) is 19.4 Å². The fourth-order valence-corrected chi connectivity index (χ4v) is 3.41. The Morgan fingerprint density at radius 1 is 1.04 bits per heavy atom.